The summed E-state index contributed by atoms with van der Waals surface area (Å²) in [6.07, 6.45) is 8.67. The third-order valence-corrected chi connectivity index (χ3v) is 6.79. The van der Waals surface area contributed by atoms with Gasteiger partial charge < -0.3 is 15.0 Å². The van der Waals surface area contributed by atoms with Crippen molar-refractivity contribution in [3.8, 4) is 0 Å². The molecule has 0 saturated carbocycles. The summed E-state index contributed by atoms with van der Waals surface area (Å²) in [4.78, 5) is 15.0. The Hall–Kier alpha value is -1.05. The molecule has 3 heterocycles. The molecule has 2 aliphatic heterocycles. The summed E-state index contributed by atoms with van der Waals surface area (Å²) >= 11 is 1.89. The summed E-state index contributed by atoms with van der Waals surface area (Å²) in [6.45, 7) is 4.32. The van der Waals surface area contributed by atoms with Crippen molar-refractivity contribution in [2.75, 3.05) is 39.5 Å². The molecule has 2 saturated heterocycles. The van der Waals surface area contributed by atoms with Crippen LogP contribution in [0.15, 0.2) is 18.5 Å². The number of hydrogen-bond acceptors (Lipinski definition) is 5. The minimum absolute atomic E-state index is 0.0389. The van der Waals surface area contributed by atoms with Gasteiger partial charge in [-0.1, -0.05) is 0 Å². The maximum atomic E-state index is 12.7. The van der Waals surface area contributed by atoms with Gasteiger partial charge in [-0.25, -0.2) is 0 Å². The number of nitrogens with one attached hydrogen (secondary N) is 1. The van der Waals surface area contributed by atoms with Crippen molar-refractivity contribution in [3.63, 3.8) is 0 Å². The minimum Gasteiger partial charge on any atom is -0.368 e. The lowest BCUT2D eigenvalue weighted by molar-refractivity contribution is -0.132. The Morgan fingerprint density at radius 3 is 2.92 bits per heavy atom. The van der Waals surface area contributed by atoms with Crippen LogP contribution in [0.5, 0.6) is 0 Å². The average Bonchev–Trinajstić information content (AvgIpc) is 3.27. The van der Waals surface area contributed by atoms with Crippen LogP contribution in [0.1, 0.15) is 19.3 Å². The van der Waals surface area contributed by atoms with Gasteiger partial charge in [0.1, 0.15) is 6.10 Å². The van der Waals surface area contributed by atoms with Gasteiger partial charge in [-0.05, 0) is 51.7 Å². The van der Waals surface area contributed by atoms with E-state index in [1.165, 1.54) is 0 Å². The summed E-state index contributed by atoms with van der Waals surface area (Å²) < 4.78 is 7.79. The highest BCUT2D eigenvalue weighted by Gasteiger charge is 2.37. The van der Waals surface area contributed by atoms with Gasteiger partial charge >= 0.3 is 0 Å². The van der Waals surface area contributed by atoms with Crippen molar-refractivity contribution in [2.24, 2.45) is 5.92 Å². The van der Waals surface area contributed by atoms with Gasteiger partial charge in [-0.2, -0.15) is 16.9 Å². The van der Waals surface area contributed by atoms with Crippen molar-refractivity contribution in [3.05, 3.63) is 18.5 Å². The Morgan fingerprint density at radius 1 is 1.46 bits per heavy atom. The van der Waals surface area contributed by atoms with E-state index in [0.29, 0.717) is 6.61 Å². The molecule has 0 bridgehead atoms. The number of carbonyl (C=O) groups excluding carboxylic acids is 1. The summed E-state index contributed by atoms with van der Waals surface area (Å²) in [5.41, 5.74) is 0. The molecule has 2 aliphatic rings. The summed E-state index contributed by atoms with van der Waals surface area (Å²) in [5.74, 6) is 0.240. The number of ether oxygens (including phenoxy) is 1. The first-order valence-electron chi connectivity index (χ1n) is 8.72. The highest BCUT2D eigenvalue weighted by Crippen LogP contribution is 2.33. The molecule has 1 amide bonds. The normalized spacial score (nSPS) is 27.2. The van der Waals surface area contributed by atoms with Gasteiger partial charge in [0.15, 0.2) is 0 Å². The second-order valence-corrected chi connectivity index (χ2v) is 8.25. The first-order valence-corrected chi connectivity index (χ1v) is 9.95. The molecule has 6 nitrogen and oxygen atoms in total. The van der Waals surface area contributed by atoms with E-state index in [-0.39, 0.29) is 22.7 Å². The molecule has 7 heteroatoms. The Balaban J connectivity index is 1.53. The zero-order valence-corrected chi connectivity index (χ0v) is 15.4. The number of amides is 1. The standard InChI is InChI=1S/C17H28N4O2S/c1-20-9-5-17(24-2,6-10-20)13-18-16(22)15-14(4-11-23-15)12-21-8-3-7-19-21/h3,7-8,14-15H,4-6,9-13H2,1-2H3,(H,18,22)/t14-,15-/m1/s1. The van der Waals surface area contributed by atoms with Crippen LogP contribution in [0.4, 0.5) is 0 Å². The third kappa shape index (κ3) is 4.13. The smallest absolute Gasteiger partial charge is 0.249 e. The highest BCUT2D eigenvalue weighted by atomic mass is 32.2. The van der Waals surface area contributed by atoms with Gasteiger partial charge in [0.2, 0.25) is 5.91 Å². The zero-order valence-electron chi connectivity index (χ0n) is 14.6. The fourth-order valence-electron chi connectivity index (χ4n) is 3.59. The lowest BCUT2D eigenvalue weighted by Gasteiger charge is -2.39. The van der Waals surface area contributed by atoms with Crippen molar-refractivity contribution < 1.29 is 9.53 Å². The lowest BCUT2D eigenvalue weighted by Crippen LogP contribution is -2.50. The van der Waals surface area contributed by atoms with Crippen molar-refractivity contribution >= 4 is 17.7 Å². The van der Waals surface area contributed by atoms with Crippen LogP contribution in [-0.4, -0.2) is 71.0 Å². The second-order valence-electron chi connectivity index (χ2n) is 6.98. The number of hydrogen-bond donors (Lipinski definition) is 1. The van der Waals surface area contributed by atoms with Gasteiger partial charge in [-0.15, -0.1) is 0 Å². The number of nitrogens with zero attached hydrogens (tertiary/aromatic N) is 3. The number of rotatable bonds is 6. The Kier molecular flexibility index (Phi) is 5.84. The molecule has 0 spiro atoms. The average molecular weight is 353 g/mol. The van der Waals surface area contributed by atoms with Crippen LogP contribution in [0, 0.1) is 5.92 Å². The van der Waals surface area contributed by atoms with E-state index in [1.54, 1.807) is 6.20 Å². The Morgan fingerprint density at radius 2 is 2.25 bits per heavy atom. The monoisotopic (exact) mass is 352 g/mol. The molecule has 1 aromatic heterocycles. The SMILES string of the molecule is CSC1(CNC(=O)[C@@H]2OCC[C@@H]2Cn2cccn2)CCN(C)CC1. The number of carbonyl (C=O) groups is 1. The molecule has 1 aromatic rings. The summed E-state index contributed by atoms with van der Waals surface area (Å²) in [5, 5.41) is 7.42. The molecule has 134 valence electrons. The molecule has 0 aliphatic carbocycles. The van der Waals surface area contributed by atoms with Gasteiger partial charge in [0.25, 0.3) is 0 Å². The van der Waals surface area contributed by atoms with Crippen molar-refractivity contribution in [1.82, 2.24) is 20.0 Å². The van der Waals surface area contributed by atoms with E-state index >= 15 is 0 Å². The van der Waals surface area contributed by atoms with Gasteiger partial charge in [0, 0.05) is 42.8 Å². The molecule has 1 N–H and O–H groups in total. The van der Waals surface area contributed by atoms with E-state index in [9.17, 15) is 4.79 Å². The van der Waals surface area contributed by atoms with E-state index in [1.807, 2.05) is 28.7 Å². The maximum absolute atomic E-state index is 12.7. The molecule has 0 aromatic carbocycles. The largest absolute Gasteiger partial charge is 0.368 e. The fraction of sp³-hybridized carbons (Fsp3) is 0.765. The van der Waals surface area contributed by atoms with Gasteiger partial charge in [-0.3, -0.25) is 9.48 Å². The first-order chi connectivity index (χ1) is 11.6. The molecular formula is C17H28N4O2S. The van der Waals surface area contributed by atoms with Crippen LogP contribution in [0.25, 0.3) is 0 Å². The predicted octanol–water partition coefficient (Wildman–Crippen LogP) is 1.23. The number of piperidine rings is 1. The van der Waals surface area contributed by atoms with Crippen LogP contribution >= 0.6 is 11.8 Å². The van der Waals surface area contributed by atoms with E-state index in [0.717, 1.165) is 45.4 Å². The summed E-state index contributed by atoms with van der Waals surface area (Å²) in [6, 6.07) is 1.91. The third-order valence-electron chi connectivity index (χ3n) is 5.37. The van der Waals surface area contributed by atoms with Crippen molar-refractivity contribution in [1.29, 1.82) is 0 Å². The predicted molar refractivity (Wildman–Crippen MR) is 96.1 cm³/mol. The van der Waals surface area contributed by atoms with E-state index < -0.39 is 0 Å². The molecule has 0 radical (unpaired) electrons. The highest BCUT2D eigenvalue weighted by molar-refractivity contribution is 8.00. The molecule has 24 heavy (non-hydrogen) atoms. The molecule has 2 atom stereocenters. The molecule has 3 rings (SSSR count). The zero-order chi connectivity index (χ0) is 17.0. The van der Waals surface area contributed by atoms with E-state index in [2.05, 4.69) is 28.6 Å². The van der Waals surface area contributed by atoms with E-state index in [4.69, 9.17) is 4.74 Å². The minimum atomic E-state index is -0.348. The molecular weight excluding hydrogens is 324 g/mol. The van der Waals surface area contributed by atoms with Crippen LogP contribution in [0.3, 0.4) is 0 Å². The number of likely N-dealkylation sites (tertiary alicyclic amines) is 1. The number of thioether (sulfide) groups is 1. The maximum Gasteiger partial charge on any atom is 0.249 e. The molecule has 2 fully saturated rings. The summed E-state index contributed by atoms with van der Waals surface area (Å²) in [7, 11) is 2.16. The van der Waals surface area contributed by atoms with Crippen molar-refractivity contribution in [2.45, 2.75) is 36.7 Å². The molecule has 0 unspecified atom stereocenters. The number of aromatic nitrogens is 2. The van der Waals surface area contributed by atoms with Crippen LogP contribution < -0.4 is 5.32 Å². The van der Waals surface area contributed by atoms with Gasteiger partial charge in [0.05, 0.1) is 0 Å². The van der Waals surface area contributed by atoms with Crippen LogP contribution in [-0.2, 0) is 16.1 Å². The first kappa shape index (κ1) is 17.8. The lowest BCUT2D eigenvalue weighted by atomic mass is 9.95. The topological polar surface area (TPSA) is 59.4 Å². The second kappa shape index (κ2) is 7.89. The Bertz CT molecular complexity index is 529. The Labute approximate surface area is 148 Å². The fourth-order valence-corrected chi connectivity index (χ4v) is 4.39. The van der Waals surface area contributed by atoms with Crippen LogP contribution in [0.2, 0.25) is 0 Å². The quantitative estimate of drug-likeness (QED) is 0.834.